The number of hydrogen-bond acceptors (Lipinski definition) is 6. The van der Waals surface area contributed by atoms with Crippen molar-refractivity contribution in [3.8, 4) is 11.1 Å². The van der Waals surface area contributed by atoms with E-state index in [-0.39, 0.29) is 10.5 Å². The zero-order chi connectivity index (χ0) is 24.3. The average molecular weight is 503 g/mol. The van der Waals surface area contributed by atoms with Gasteiger partial charge >= 0.3 is 0 Å². The lowest BCUT2D eigenvalue weighted by Crippen LogP contribution is -2.37. The Morgan fingerprint density at radius 2 is 1.85 bits per heavy atom. The highest BCUT2D eigenvalue weighted by Gasteiger charge is 2.23. The number of thioether (sulfide) groups is 1. The molecule has 2 heterocycles. The van der Waals surface area contributed by atoms with Crippen molar-refractivity contribution >= 4 is 38.2 Å². The maximum absolute atomic E-state index is 12.6. The van der Waals surface area contributed by atoms with Crippen LogP contribution in [0.15, 0.2) is 46.3 Å². The van der Waals surface area contributed by atoms with E-state index in [1.807, 2.05) is 23.9 Å². The van der Waals surface area contributed by atoms with Crippen molar-refractivity contribution < 1.29 is 8.42 Å². The minimum atomic E-state index is -3.38. The van der Waals surface area contributed by atoms with Crippen molar-refractivity contribution in [2.75, 3.05) is 30.1 Å². The molecule has 0 amide bonds. The van der Waals surface area contributed by atoms with Gasteiger partial charge in [0, 0.05) is 60.0 Å². The van der Waals surface area contributed by atoms with Gasteiger partial charge in [-0.3, -0.25) is 4.79 Å². The highest BCUT2D eigenvalue weighted by molar-refractivity contribution is 7.98. The number of nitrogens with zero attached hydrogens (tertiary/aromatic N) is 1. The Hall–Kier alpha value is -2.23. The first-order chi connectivity index (χ1) is 16.3. The number of anilines is 1. The molecule has 4 rings (SSSR count). The third-order valence-electron chi connectivity index (χ3n) is 6.65. The summed E-state index contributed by atoms with van der Waals surface area (Å²) in [5.41, 5.74) is 2.92. The summed E-state index contributed by atoms with van der Waals surface area (Å²) in [7, 11) is -1.66. The van der Waals surface area contributed by atoms with E-state index in [9.17, 15) is 13.2 Å². The molecule has 0 bridgehead atoms. The summed E-state index contributed by atoms with van der Waals surface area (Å²) in [5, 5.41) is 8.17. The second-order valence-corrected chi connectivity index (χ2v) is 12.2. The molecule has 1 aromatic carbocycles. The zero-order valence-corrected chi connectivity index (χ0v) is 21.7. The smallest absolute Gasteiger partial charge is 0.274 e. The summed E-state index contributed by atoms with van der Waals surface area (Å²) in [6.07, 6.45) is 12.5. The Balaban J connectivity index is 1.61. The molecular weight excluding hydrogens is 468 g/mol. The number of aromatic amines is 1. The van der Waals surface area contributed by atoms with E-state index in [0.717, 1.165) is 54.4 Å². The Kier molecular flexibility index (Phi) is 7.74. The maximum atomic E-state index is 12.6. The van der Waals surface area contributed by atoms with Gasteiger partial charge in [0.1, 0.15) is 5.52 Å². The van der Waals surface area contributed by atoms with Crippen LogP contribution in [0.5, 0.6) is 0 Å². The Morgan fingerprint density at radius 1 is 1.12 bits per heavy atom. The molecule has 1 aliphatic carbocycles. The van der Waals surface area contributed by atoms with Crippen molar-refractivity contribution in [2.24, 2.45) is 7.05 Å². The van der Waals surface area contributed by atoms with Gasteiger partial charge < -0.3 is 20.2 Å². The number of nitrogens with one attached hydrogen (secondary N) is 3. The van der Waals surface area contributed by atoms with Crippen LogP contribution in [0, 0.1) is 0 Å². The van der Waals surface area contributed by atoms with Gasteiger partial charge in [-0.05, 0) is 74.9 Å². The lowest BCUT2D eigenvalue weighted by Gasteiger charge is -2.31. The van der Waals surface area contributed by atoms with Gasteiger partial charge in [0.25, 0.3) is 5.56 Å². The quantitative estimate of drug-likeness (QED) is 0.383. The summed E-state index contributed by atoms with van der Waals surface area (Å²) >= 11 is 1.89. The van der Waals surface area contributed by atoms with Crippen molar-refractivity contribution in [2.45, 2.75) is 49.1 Å². The normalized spacial score (nSPS) is 18.9. The standard InChI is InChI=1S/C25H34N4O3S2/c1-29-16-22(20-11-13-27-24(20)25(29)30)21-15-19(34(3,31)32)9-10-23(21)28-18-7-5-17(6-8-18)26-12-4-14-33-2/h9-11,13,15-18,26-28H,4-8,12,14H2,1-3H3. The number of H-pyrrole nitrogens is 1. The third kappa shape index (κ3) is 5.53. The minimum Gasteiger partial charge on any atom is -0.382 e. The van der Waals surface area contributed by atoms with Crippen molar-refractivity contribution in [3.05, 3.63) is 47.0 Å². The van der Waals surface area contributed by atoms with Crippen molar-refractivity contribution in [1.82, 2.24) is 14.9 Å². The fourth-order valence-electron chi connectivity index (χ4n) is 4.77. The van der Waals surface area contributed by atoms with Crippen LogP contribution in [0.3, 0.4) is 0 Å². The first kappa shape index (κ1) is 24.9. The summed E-state index contributed by atoms with van der Waals surface area (Å²) in [6.45, 7) is 1.07. The van der Waals surface area contributed by atoms with Crippen LogP contribution in [-0.4, -0.2) is 54.9 Å². The third-order valence-corrected chi connectivity index (χ3v) is 8.46. The van der Waals surface area contributed by atoms with Crippen LogP contribution in [0.2, 0.25) is 0 Å². The maximum Gasteiger partial charge on any atom is 0.274 e. The molecule has 9 heteroatoms. The lowest BCUT2D eigenvalue weighted by atomic mass is 9.90. The summed E-state index contributed by atoms with van der Waals surface area (Å²) < 4.78 is 26.2. The zero-order valence-electron chi connectivity index (χ0n) is 20.1. The molecule has 34 heavy (non-hydrogen) atoms. The van der Waals surface area contributed by atoms with E-state index in [4.69, 9.17) is 0 Å². The number of benzene rings is 1. The molecule has 1 aliphatic rings. The van der Waals surface area contributed by atoms with Crippen LogP contribution in [-0.2, 0) is 16.9 Å². The molecule has 3 N–H and O–H groups in total. The van der Waals surface area contributed by atoms with Crippen molar-refractivity contribution in [1.29, 1.82) is 0 Å². The van der Waals surface area contributed by atoms with Gasteiger partial charge in [-0.1, -0.05) is 0 Å². The highest BCUT2D eigenvalue weighted by atomic mass is 32.2. The number of rotatable bonds is 9. The number of aromatic nitrogens is 2. The van der Waals surface area contributed by atoms with Crippen LogP contribution >= 0.6 is 11.8 Å². The fraction of sp³-hybridized carbons (Fsp3) is 0.480. The molecule has 0 radical (unpaired) electrons. The molecule has 0 saturated heterocycles. The number of hydrogen-bond donors (Lipinski definition) is 3. The van der Waals surface area contributed by atoms with Crippen LogP contribution in [0.4, 0.5) is 5.69 Å². The van der Waals surface area contributed by atoms with Crippen LogP contribution in [0.25, 0.3) is 22.0 Å². The first-order valence-corrected chi connectivity index (χ1v) is 15.1. The van der Waals surface area contributed by atoms with E-state index >= 15 is 0 Å². The Bertz CT molecular complexity index is 1310. The molecule has 184 valence electrons. The van der Waals surface area contributed by atoms with E-state index in [0.29, 0.717) is 17.6 Å². The topological polar surface area (TPSA) is 96.0 Å². The number of fused-ring (bicyclic) bond motifs is 1. The summed E-state index contributed by atoms with van der Waals surface area (Å²) in [6, 6.07) is 8.01. The van der Waals surface area contributed by atoms with E-state index < -0.39 is 9.84 Å². The monoisotopic (exact) mass is 502 g/mol. The van der Waals surface area contributed by atoms with Gasteiger partial charge in [-0.15, -0.1) is 0 Å². The SMILES string of the molecule is CSCCCNC1CCC(Nc2ccc(S(C)(=O)=O)cc2-c2cn(C)c(=O)c3[nH]ccc23)CC1. The second-order valence-electron chi connectivity index (χ2n) is 9.20. The van der Waals surface area contributed by atoms with Gasteiger partial charge in [-0.25, -0.2) is 8.42 Å². The van der Waals surface area contributed by atoms with E-state index in [1.165, 1.54) is 18.4 Å². The van der Waals surface area contributed by atoms with Gasteiger partial charge in [-0.2, -0.15) is 11.8 Å². The summed E-state index contributed by atoms with van der Waals surface area (Å²) in [4.78, 5) is 15.9. The minimum absolute atomic E-state index is 0.110. The molecule has 1 saturated carbocycles. The average Bonchev–Trinajstić information content (AvgIpc) is 3.30. The largest absolute Gasteiger partial charge is 0.382 e. The summed E-state index contributed by atoms with van der Waals surface area (Å²) in [5.74, 6) is 1.19. The Morgan fingerprint density at radius 3 is 2.56 bits per heavy atom. The molecule has 0 unspecified atom stereocenters. The molecule has 0 atom stereocenters. The fourth-order valence-corrected chi connectivity index (χ4v) is 5.85. The van der Waals surface area contributed by atoms with E-state index in [2.05, 4.69) is 21.9 Å². The highest BCUT2D eigenvalue weighted by Crippen LogP contribution is 2.36. The molecular formula is C25H34N4O3S2. The van der Waals surface area contributed by atoms with Gasteiger partial charge in [0.2, 0.25) is 0 Å². The number of pyridine rings is 1. The van der Waals surface area contributed by atoms with Gasteiger partial charge in [0.05, 0.1) is 4.90 Å². The number of aryl methyl sites for hydroxylation is 1. The van der Waals surface area contributed by atoms with Crippen molar-refractivity contribution in [3.63, 3.8) is 0 Å². The van der Waals surface area contributed by atoms with Crippen LogP contribution in [0.1, 0.15) is 32.1 Å². The Labute approximate surface area is 205 Å². The predicted octanol–water partition coefficient (Wildman–Crippen LogP) is 4.00. The lowest BCUT2D eigenvalue weighted by molar-refractivity contribution is 0.355. The molecule has 2 aromatic heterocycles. The van der Waals surface area contributed by atoms with E-state index in [1.54, 1.807) is 36.1 Å². The first-order valence-electron chi connectivity index (χ1n) is 11.8. The van der Waals surface area contributed by atoms with Crippen LogP contribution < -0.4 is 16.2 Å². The molecule has 1 fully saturated rings. The molecule has 3 aromatic rings. The molecule has 0 spiro atoms. The number of sulfone groups is 1. The van der Waals surface area contributed by atoms with Gasteiger partial charge in [0.15, 0.2) is 9.84 Å². The molecule has 0 aliphatic heterocycles. The predicted molar refractivity (Wildman–Crippen MR) is 143 cm³/mol. The molecule has 7 nitrogen and oxygen atoms in total. The second kappa shape index (κ2) is 10.6.